The molecule has 1 aliphatic rings. The van der Waals surface area contributed by atoms with Crippen LogP contribution in [0.2, 0.25) is 0 Å². The van der Waals surface area contributed by atoms with Gasteiger partial charge in [0.2, 0.25) is 5.91 Å². The van der Waals surface area contributed by atoms with Gasteiger partial charge < -0.3 is 14.5 Å². The van der Waals surface area contributed by atoms with Crippen LogP contribution in [-0.4, -0.2) is 49.0 Å². The quantitative estimate of drug-likeness (QED) is 0.632. The molecule has 7 nitrogen and oxygen atoms in total. The molecule has 0 N–H and O–H groups in total. The number of carbonyl (C=O) groups excluding carboxylic acids is 1. The van der Waals surface area contributed by atoms with E-state index in [-0.39, 0.29) is 17.3 Å². The Morgan fingerprint density at radius 1 is 1.23 bits per heavy atom. The number of nitrogens with zero attached hydrogens (tertiary/aromatic N) is 3. The van der Waals surface area contributed by atoms with Crippen molar-refractivity contribution in [1.82, 2.24) is 4.90 Å². The van der Waals surface area contributed by atoms with Crippen LogP contribution in [0.25, 0.3) is 0 Å². The number of nitro benzene ring substituents is 1. The predicted molar refractivity (Wildman–Crippen MR) is 85.5 cm³/mol. The predicted octanol–water partition coefficient (Wildman–Crippen LogP) is 2.30. The standard InChI is InChI=1S/C13H17N3O4.C2H6/c1-10(17)14-5-7-15(8-6-14)11-3-4-12(16(18)19)13(9-11)20-2;1-2/h3-4,9H,5-8H2,1-2H3;1-2H3. The van der Waals surface area contributed by atoms with Gasteiger partial charge in [-0.1, -0.05) is 13.8 Å². The number of carbonyl (C=O) groups is 1. The molecule has 1 heterocycles. The van der Waals surface area contributed by atoms with Gasteiger partial charge >= 0.3 is 5.69 Å². The molecular formula is C15H23N3O4. The van der Waals surface area contributed by atoms with E-state index in [1.807, 2.05) is 13.8 Å². The maximum atomic E-state index is 11.3. The maximum Gasteiger partial charge on any atom is 0.311 e. The Balaban J connectivity index is 0.00000116. The number of piperazine rings is 1. The number of methoxy groups -OCH3 is 1. The molecule has 1 fully saturated rings. The highest BCUT2D eigenvalue weighted by Gasteiger charge is 2.21. The van der Waals surface area contributed by atoms with E-state index in [0.29, 0.717) is 26.2 Å². The molecule has 0 spiro atoms. The largest absolute Gasteiger partial charge is 0.490 e. The average Bonchev–Trinajstić information content (AvgIpc) is 2.56. The number of nitro groups is 1. The number of hydrogen-bond acceptors (Lipinski definition) is 5. The third kappa shape index (κ3) is 4.09. The van der Waals surface area contributed by atoms with Crippen molar-refractivity contribution in [1.29, 1.82) is 0 Å². The maximum absolute atomic E-state index is 11.3. The van der Waals surface area contributed by atoms with Gasteiger partial charge in [-0.2, -0.15) is 0 Å². The summed E-state index contributed by atoms with van der Waals surface area (Å²) in [6.07, 6.45) is 0. The lowest BCUT2D eigenvalue weighted by molar-refractivity contribution is -0.385. The first-order chi connectivity index (χ1) is 10.5. The van der Waals surface area contributed by atoms with Crippen molar-refractivity contribution in [3.05, 3.63) is 28.3 Å². The molecule has 0 unspecified atom stereocenters. The summed E-state index contributed by atoms with van der Waals surface area (Å²) in [5, 5.41) is 10.9. The normalized spacial score (nSPS) is 14.0. The molecule has 1 amide bonds. The van der Waals surface area contributed by atoms with Gasteiger partial charge in [0.1, 0.15) is 0 Å². The van der Waals surface area contributed by atoms with Gasteiger partial charge in [-0.3, -0.25) is 14.9 Å². The lowest BCUT2D eigenvalue weighted by atomic mass is 10.2. The molecule has 0 aliphatic carbocycles. The second kappa shape index (κ2) is 8.21. The topological polar surface area (TPSA) is 75.9 Å². The fourth-order valence-corrected chi connectivity index (χ4v) is 2.29. The molecule has 0 radical (unpaired) electrons. The van der Waals surface area contributed by atoms with Crippen LogP contribution in [0.4, 0.5) is 11.4 Å². The summed E-state index contributed by atoms with van der Waals surface area (Å²) in [5.41, 5.74) is 0.828. The highest BCUT2D eigenvalue weighted by molar-refractivity contribution is 5.73. The lowest BCUT2D eigenvalue weighted by Gasteiger charge is -2.35. The van der Waals surface area contributed by atoms with E-state index in [0.717, 1.165) is 5.69 Å². The zero-order valence-electron chi connectivity index (χ0n) is 13.5. The summed E-state index contributed by atoms with van der Waals surface area (Å²) in [5.74, 6) is 0.326. The molecule has 122 valence electrons. The van der Waals surface area contributed by atoms with Gasteiger partial charge in [0.15, 0.2) is 5.75 Å². The Bertz CT molecular complexity index is 526. The van der Waals surface area contributed by atoms with E-state index in [2.05, 4.69) is 4.90 Å². The van der Waals surface area contributed by atoms with Crippen LogP contribution in [0.3, 0.4) is 0 Å². The Kier molecular flexibility index (Phi) is 6.62. The molecule has 7 heteroatoms. The van der Waals surface area contributed by atoms with Crippen molar-refractivity contribution in [2.45, 2.75) is 20.8 Å². The van der Waals surface area contributed by atoms with Gasteiger partial charge in [-0.25, -0.2) is 0 Å². The number of hydrogen-bond donors (Lipinski definition) is 0. The minimum Gasteiger partial charge on any atom is -0.490 e. The number of rotatable bonds is 3. The highest BCUT2D eigenvalue weighted by Crippen LogP contribution is 2.31. The van der Waals surface area contributed by atoms with Crippen molar-refractivity contribution in [2.24, 2.45) is 0 Å². The van der Waals surface area contributed by atoms with Gasteiger partial charge in [0, 0.05) is 50.9 Å². The fraction of sp³-hybridized carbons (Fsp3) is 0.533. The van der Waals surface area contributed by atoms with Crippen molar-refractivity contribution in [3.8, 4) is 5.75 Å². The lowest BCUT2D eigenvalue weighted by Crippen LogP contribution is -2.48. The van der Waals surface area contributed by atoms with Gasteiger partial charge in [-0.15, -0.1) is 0 Å². The Morgan fingerprint density at radius 2 is 1.82 bits per heavy atom. The van der Waals surface area contributed by atoms with Crippen LogP contribution in [0.5, 0.6) is 5.75 Å². The molecular weight excluding hydrogens is 286 g/mol. The van der Waals surface area contributed by atoms with E-state index in [1.54, 1.807) is 24.0 Å². The molecule has 0 atom stereocenters. The van der Waals surface area contributed by atoms with E-state index in [4.69, 9.17) is 4.74 Å². The van der Waals surface area contributed by atoms with Gasteiger partial charge in [0.25, 0.3) is 0 Å². The van der Waals surface area contributed by atoms with Crippen LogP contribution >= 0.6 is 0 Å². The summed E-state index contributed by atoms with van der Waals surface area (Å²) in [6.45, 7) is 8.30. The molecule has 22 heavy (non-hydrogen) atoms. The van der Waals surface area contributed by atoms with Crippen LogP contribution in [0, 0.1) is 10.1 Å². The zero-order valence-corrected chi connectivity index (χ0v) is 13.5. The molecule has 0 aromatic heterocycles. The summed E-state index contributed by atoms with van der Waals surface area (Å²) in [6, 6.07) is 4.83. The smallest absolute Gasteiger partial charge is 0.311 e. The summed E-state index contributed by atoms with van der Waals surface area (Å²) in [7, 11) is 1.42. The first-order valence-electron chi connectivity index (χ1n) is 7.36. The number of amides is 1. The average molecular weight is 309 g/mol. The monoisotopic (exact) mass is 309 g/mol. The minimum atomic E-state index is -0.462. The van der Waals surface area contributed by atoms with Crippen molar-refractivity contribution in [3.63, 3.8) is 0 Å². The van der Waals surface area contributed by atoms with Crippen LogP contribution in [0.1, 0.15) is 20.8 Å². The molecule has 2 rings (SSSR count). The van der Waals surface area contributed by atoms with Crippen LogP contribution in [-0.2, 0) is 4.79 Å². The molecule has 1 aliphatic heterocycles. The second-order valence-corrected chi connectivity index (χ2v) is 4.61. The molecule has 1 saturated heterocycles. The van der Waals surface area contributed by atoms with Crippen LogP contribution in [0.15, 0.2) is 18.2 Å². The molecule has 1 aromatic carbocycles. The van der Waals surface area contributed by atoms with E-state index < -0.39 is 4.92 Å². The SMILES string of the molecule is CC.COc1cc(N2CCN(C(C)=O)CC2)ccc1[N+](=O)[O-]. The first kappa shape index (κ1) is 17.7. The van der Waals surface area contributed by atoms with E-state index >= 15 is 0 Å². The van der Waals surface area contributed by atoms with Crippen LogP contribution < -0.4 is 9.64 Å². The number of ether oxygens (including phenoxy) is 1. The number of benzene rings is 1. The summed E-state index contributed by atoms with van der Waals surface area (Å²) in [4.78, 5) is 25.5. The molecule has 0 bridgehead atoms. The van der Waals surface area contributed by atoms with Crippen molar-refractivity contribution < 1.29 is 14.5 Å². The van der Waals surface area contributed by atoms with Gasteiger partial charge in [-0.05, 0) is 6.07 Å². The Labute approximate surface area is 130 Å². The van der Waals surface area contributed by atoms with E-state index in [9.17, 15) is 14.9 Å². The molecule has 0 saturated carbocycles. The van der Waals surface area contributed by atoms with Gasteiger partial charge in [0.05, 0.1) is 12.0 Å². The third-order valence-corrected chi connectivity index (χ3v) is 3.45. The Hall–Kier alpha value is -2.31. The fourth-order valence-electron chi connectivity index (χ4n) is 2.29. The Morgan fingerprint density at radius 3 is 2.27 bits per heavy atom. The van der Waals surface area contributed by atoms with Crippen molar-refractivity contribution in [2.75, 3.05) is 38.2 Å². The summed E-state index contributed by atoms with van der Waals surface area (Å²) < 4.78 is 5.06. The molecule has 1 aromatic rings. The highest BCUT2D eigenvalue weighted by atomic mass is 16.6. The number of anilines is 1. The zero-order chi connectivity index (χ0) is 16.7. The third-order valence-electron chi connectivity index (χ3n) is 3.45. The summed E-state index contributed by atoms with van der Waals surface area (Å²) >= 11 is 0. The van der Waals surface area contributed by atoms with E-state index in [1.165, 1.54) is 13.2 Å². The minimum absolute atomic E-state index is 0.0429. The first-order valence-corrected chi connectivity index (χ1v) is 7.36. The second-order valence-electron chi connectivity index (χ2n) is 4.61. The van der Waals surface area contributed by atoms with Crippen molar-refractivity contribution >= 4 is 17.3 Å².